The molecule has 0 aromatic carbocycles. The third-order valence-electron chi connectivity index (χ3n) is 4.01. The molecule has 2 aliphatic carbocycles. The Morgan fingerprint density at radius 3 is 2.33 bits per heavy atom. The van der Waals surface area contributed by atoms with Gasteiger partial charge >= 0.3 is 6.18 Å². The molecule has 15 heavy (non-hydrogen) atoms. The van der Waals surface area contributed by atoms with Crippen molar-refractivity contribution in [3.8, 4) is 0 Å². The highest BCUT2D eigenvalue weighted by Gasteiger charge is 2.64. The predicted octanol–water partition coefficient (Wildman–Crippen LogP) is 4.08. The topological polar surface area (TPSA) is 0 Å². The minimum atomic E-state index is -4.27. The Bertz CT molecular complexity index is 302. The largest absolute Gasteiger partial charge is 0.392 e. The van der Waals surface area contributed by atoms with E-state index in [1.54, 1.807) is 13.8 Å². The third kappa shape index (κ3) is 1.33. The number of hydrogen-bond acceptors (Lipinski definition) is 0. The van der Waals surface area contributed by atoms with Crippen molar-refractivity contribution in [3.05, 3.63) is 11.9 Å². The molecule has 0 aromatic rings. The predicted molar refractivity (Wildman–Crippen MR) is 48.7 cm³/mol. The highest BCUT2D eigenvalue weighted by Crippen LogP contribution is 2.65. The van der Waals surface area contributed by atoms with Gasteiger partial charge in [-0.3, -0.25) is 0 Å². The van der Waals surface area contributed by atoms with E-state index in [0.29, 0.717) is 6.42 Å². The Kier molecular flexibility index (Phi) is 2.18. The van der Waals surface area contributed by atoms with Crippen LogP contribution < -0.4 is 0 Å². The fraction of sp³-hybridized carbons (Fsp3) is 0.818. The molecule has 0 spiro atoms. The quantitative estimate of drug-likeness (QED) is 0.586. The van der Waals surface area contributed by atoms with Crippen molar-refractivity contribution in [2.45, 2.75) is 32.9 Å². The SMILES string of the molecule is CC(C)C12CC(C=C1F)CC2C(F)(F)F. The zero-order valence-electron chi connectivity index (χ0n) is 8.74. The number of rotatable bonds is 1. The lowest BCUT2D eigenvalue weighted by Gasteiger charge is -2.38. The molecule has 1 fully saturated rings. The molecule has 0 saturated heterocycles. The van der Waals surface area contributed by atoms with E-state index in [4.69, 9.17) is 0 Å². The summed E-state index contributed by atoms with van der Waals surface area (Å²) in [5, 5.41) is 0. The molecule has 3 unspecified atom stereocenters. The van der Waals surface area contributed by atoms with Crippen LogP contribution >= 0.6 is 0 Å². The number of alkyl halides is 3. The second-order valence-corrected chi connectivity index (χ2v) is 5.00. The molecule has 0 nitrogen and oxygen atoms in total. The summed E-state index contributed by atoms with van der Waals surface area (Å²) in [5.74, 6) is -2.53. The summed E-state index contributed by atoms with van der Waals surface area (Å²) in [6, 6.07) is 0. The highest BCUT2D eigenvalue weighted by atomic mass is 19.4. The molecule has 2 bridgehead atoms. The molecule has 0 heterocycles. The van der Waals surface area contributed by atoms with Gasteiger partial charge < -0.3 is 0 Å². The molecule has 0 aromatic heterocycles. The molecule has 2 rings (SSSR count). The molecule has 0 aliphatic heterocycles. The Morgan fingerprint density at radius 2 is 2.00 bits per heavy atom. The number of fused-ring (bicyclic) bond motifs is 2. The molecular weight excluding hydrogens is 208 g/mol. The van der Waals surface area contributed by atoms with E-state index >= 15 is 0 Å². The van der Waals surface area contributed by atoms with Crippen LogP contribution in [0.3, 0.4) is 0 Å². The fourth-order valence-electron chi connectivity index (χ4n) is 3.27. The summed E-state index contributed by atoms with van der Waals surface area (Å²) in [7, 11) is 0. The van der Waals surface area contributed by atoms with Gasteiger partial charge in [0.05, 0.1) is 5.92 Å². The first kappa shape index (κ1) is 11.0. The van der Waals surface area contributed by atoms with Crippen LogP contribution in [0.25, 0.3) is 0 Å². The minimum Gasteiger partial charge on any atom is -0.212 e. The molecular formula is C11H14F4. The van der Waals surface area contributed by atoms with Gasteiger partial charge in [0.25, 0.3) is 0 Å². The summed E-state index contributed by atoms with van der Waals surface area (Å²) in [5.41, 5.74) is -1.26. The number of halogens is 4. The van der Waals surface area contributed by atoms with Crippen molar-refractivity contribution >= 4 is 0 Å². The van der Waals surface area contributed by atoms with E-state index in [-0.39, 0.29) is 18.3 Å². The number of hydrogen-bond donors (Lipinski definition) is 0. The molecule has 2 aliphatic rings. The Labute approximate surface area is 86.3 Å². The van der Waals surface area contributed by atoms with Crippen LogP contribution in [0, 0.1) is 23.2 Å². The summed E-state index contributed by atoms with van der Waals surface area (Å²) in [6.07, 6.45) is -2.48. The molecule has 0 amide bonds. The van der Waals surface area contributed by atoms with E-state index in [0.717, 1.165) is 0 Å². The summed E-state index contributed by atoms with van der Waals surface area (Å²) in [6.45, 7) is 3.36. The van der Waals surface area contributed by atoms with Crippen LogP contribution in [0.4, 0.5) is 17.6 Å². The maximum absolute atomic E-state index is 13.7. The van der Waals surface area contributed by atoms with Gasteiger partial charge in [-0.2, -0.15) is 13.2 Å². The van der Waals surface area contributed by atoms with Gasteiger partial charge in [0.1, 0.15) is 5.83 Å². The lowest BCUT2D eigenvalue weighted by molar-refractivity contribution is -0.204. The molecule has 86 valence electrons. The standard InChI is InChI=1S/C11H14F4/c1-6(2)10-5-7(4-9(10)12)3-8(10)11(13,14)15/h4,6-8H,3,5H2,1-2H3. The van der Waals surface area contributed by atoms with Gasteiger partial charge in [0.2, 0.25) is 0 Å². The maximum atomic E-state index is 13.7. The van der Waals surface area contributed by atoms with Crippen molar-refractivity contribution in [2.24, 2.45) is 23.2 Å². The monoisotopic (exact) mass is 222 g/mol. The van der Waals surface area contributed by atoms with E-state index in [1.165, 1.54) is 6.08 Å². The maximum Gasteiger partial charge on any atom is 0.392 e. The Morgan fingerprint density at radius 1 is 1.40 bits per heavy atom. The molecule has 1 saturated carbocycles. The average Bonchev–Trinajstić information content (AvgIpc) is 2.56. The van der Waals surface area contributed by atoms with Crippen LogP contribution in [0.5, 0.6) is 0 Å². The lowest BCUT2D eigenvalue weighted by Crippen LogP contribution is -2.40. The zero-order valence-corrected chi connectivity index (χ0v) is 8.74. The summed E-state index contributed by atoms with van der Waals surface area (Å²) >= 11 is 0. The van der Waals surface area contributed by atoms with E-state index in [2.05, 4.69) is 0 Å². The van der Waals surface area contributed by atoms with Crippen LogP contribution in [0.1, 0.15) is 26.7 Å². The van der Waals surface area contributed by atoms with E-state index < -0.39 is 23.3 Å². The van der Waals surface area contributed by atoms with E-state index in [9.17, 15) is 17.6 Å². The number of allylic oxidation sites excluding steroid dienone is 2. The third-order valence-corrected chi connectivity index (χ3v) is 4.01. The Balaban J connectivity index is 2.42. The van der Waals surface area contributed by atoms with Gasteiger partial charge in [-0.1, -0.05) is 13.8 Å². The first-order valence-corrected chi connectivity index (χ1v) is 5.23. The first-order chi connectivity index (χ1) is 6.78. The van der Waals surface area contributed by atoms with Crippen molar-refractivity contribution in [1.29, 1.82) is 0 Å². The van der Waals surface area contributed by atoms with Gasteiger partial charge in [-0.15, -0.1) is 0 Å². The van der Waals surface area contributed by atoms with Gasteiger partial charge in [0, 0.05) is 5.41 Å². The molecule has 4 heteroatoms. The Hall–Kier alpha value is -0.540. The van der Waals surface area contributed by atoms with Crippen molar-refractivity contribution in [3.63, 3.8) is 0 Å². The summed E-state index contributed by atoms with van der Waals surface area (Å²) in [4.78, 5) is 0. The minimum absolute atomic E-state index is 0.0646. The van der Waals surface area contributed by atoms with Crippen LogP contribution in [0.15, 0.2) is 11.9 Å². The summed E-state index contributed by atoms with van der Waals surface area (Å²) < 4.78 is 52.1. The van der Waals surface area contributed by atoms with Gasteiger partial charge in [-0.05, 0) is 30.8 Å². The van der Waals surface area contributed by atoms with Gasteiger partial charge in [-0.25, -0.2) is 4.39 Å². The normalized spacial score (nSPS) is 40.1. The van der Waals surface area contributed by atoms with Crippen LogP contribution in [-0.2, 0) is 0 Å². The molecule has 0 N–H and O–H groups in total. The lowest BCUT2D eigenvalue weighted by atomic mass is 9.69. The van der Waals surface area contributed by atoms with Crippen LogP contribution in [0.2, 0.25) is 0 Å². The van der Waals surface area contributed by atoms with Crippen molar-refractivity contribution in [1.82, 2.24) is 0 Å². The van der Waals surface area contributed by atoms with E-state index in [1.807, 2.05) is 0 Å². The second kappa shape index (κ2) is 2.98. The average molecular weight is 222 g/mol. The fourth-order valence-corrected chi connectivity index (χ4v) is 3.27. The van der Waals surface area contributed by atoms with Gasteiger partial charge in [0.15, 0.2) is 0 Å². The first-order valence-electron chi connectivity index (χ1n) is 5.23. The van der Waals surface area contributed by atoms with Crippen molar-refractivity contribution < 1.29 is 17.6 Å². The second-order valence-electron chi connectivity index (χ2n) is 5.00. The van der Waals surface area contributed by atoms with Crippen LogP contribution in [-0.4, -0.2) is 6.18 Å². The molecule has 0 radical (unpaired) electrons. The smallest absolute Gasteiger partial charge is 0.212 e. The molecule has 3 atom stereocenters. The van der Waals surface area contributed by atoms with Crippen molar-refractivity contribution in [2.75, 3.05) is 0 Å². The highest BCUT2D eigenvalue weighted by molar-refractivity contribution is 5.26. The zero-order chi connectivity index (χ0) is 11.4.